The van der Waals surface area contributed by atoms with E-state index in [-0.39, 0.29) is 108 Å². The van der Waals surface area contributed by atoms with Crippen LogP contribution in [-0.2, 0) is 25.7 Å². The van der Waals surface area contributed by atoms with Gasteiger partial charge in [-0.3, -0.25) is 0 Å². The molecule has 0 amide bonds. The second-order valence-corrected chi connectivity index (χ2v) is 19.1. The minimum absolute atomic E-state index is 0. The van der Waals surface area contributed by atoms with Crippen molar-refractivity contribution in [1.82, 2.24) is 21.3 Å². The number of hydrogen-bond acceptors (Lipinski definition) is 12. The summed E-state index contributed by atoms with van der Waals surface area (Å²) in [5.74, 6) is 8.53. The Hall–Kier alpha value is -3.88. The Morgan fingerprint density at radius 3 is 0.737 bits per heavy atom. The van der Waals surface area contributed by atoms with Crippen LogP contribution in [0.5, 0.6) is 46.0 Å². The maximum absolute atomic E-state index is 6.19. The SMILES string of the molecule is CCC(CCC(CC)CC(C1NCCc2c(OC)ccc(OC)c21)C1NCCc2c(OC)ccc(OC)c21)CC(C1NCCc2c(OC)ccc(OC)c21)C1NCCc2c(OC)ccc(OC)c21.Cl.Cl.Cl.Cl.O.O.O.O. The zero-order valence-electron chi connectivity index (χ0n) is 46.0. The Kier molecular flexibility index (Phi) is 31.8. The van der Waals surface area contributed by atoms with Gasteiger partial charge in [0.2, 0.25) is 0 Å². The van der Waals surface area contributed by atoms with E-state index in [1.165, 1.54) is 44.5 Å². The van der Waals surface area contributed by atoms with Crippen molar-refractivity contribution in [2.75, 3.05) is 83.1 Å². The molecule has 20 heteroatoms. The monoisotopic (exact) mass is 1150 g/mol. The van der Waals surface area contributed by atoms with Crippen LogP contribution in [0.15, 0.2) is 48.5 Å². The van der Waals surface area contributed by atoms with Gasteiger partial charge in [-0.05, 0) is 137 Å². The van der Waals surface area contributed by atoms with E-state index in [4.69, 9.17) is 37.9 Å². The Labute approximate surface area is 476 Å². The third kappa shape index (κ3) is 14.3. The number of halogens is 4. The van der Waals surface area contributed by atoms with Gasteiger partial charge in [0.1, 0.15) is 46.0 Å². The normalized spacial score (nSPS) is 19.1. The first-order valence-electron chi connectivity index (χ1n) is 25.2. The van der Waals surface area contributed by atoms with Crippen molar-refractivity contribution in [1.29, 1.82) is 0 Å². The summed E-state index contributed by atoms with van der Waals surface area (Å²) in [5.41, 5.74) is 9.78. The molecule has 0 spiro atoms. The lowest BCUT2D eigenvalue weighted by Gasteiger charge is -2.44. The molecule has 0 aliphatic carbocycles. The van der Waals surface area contributed by atoms with E-state index in [2.05, 4.69) is 83.6 Å². The van der Waals surface area contributed by atoms with Crippen molar-refractivity contribution in [2.45, 2.75) is 102 Å². The summed E-state index contributed by atoms with van der Waals surface area (Å²) in [6.07, 6.45) is 9.88. The number of benzene rings is 4. The standard InChI is InChI=1S/C56H78N4O8.4ClH.4H2O/c1-11-33(31-39(53-49-35(23-27-57-53)41(61-3)15-19-45(49)65-7)54-50-36(24-28-58-54)42(62-4)16-20-46(50)66-8)13-14-34(12-2)32-40(55-51-37(25-29-59-55)43(63-5)17-21-47(51)67-9)56-52-38(26-30-60-56)44(64-6)18-22-48(52)68-10;;;;;;;;/h15-22,33-34,39-40,53-60H,11-14,23-32H2,1-10H3;4*1H;4*1H2. The molecule has 4 aliphatic rings. The van der Waals surface area contributed by atoms with Crippen LogP contribution < -0.4 is 59.2 Å². The highest BCUT2D eigenvalue weighted by atomic mass is 35.5. The molecule has 4 aromatic rings. The summed E-state index contributed by atoms with van der Waals surface area (Å²) in [6, 6.07) is 16.6. The van der Waals surface area contributed by atoms with Crippen molar-refractivity contribution >= 4 is 49.6 Å². The fourth-order valence-corrected chi connectivity index (χ4v) is 12.8. The van der Waals surface area contributed by atoms with E-state index in [0.29, 0.717) is 11.8 Å². The fraction of sp³-hybridized carbons (Fsp3) is 0.571. The van der Waals surface area contributed by atoms with Gasteiger partial charge in [-0.1, -0.05) is 39.5 Å². The smallest absolute Gasteiger partial charge is 0.124 e. The fourth-order valence-electron chi connectivity index (χ4n) is 12.8. The van der Waals surface area contributed by atoms with Gasteiger partial charge in [0.25, 0.3) is 0 Å². The quantitative estimate of drug-likeness (QED) is 0.0623. The van der Waals surface area contributed by atoms with Crippen LogP contribution in [0.1, 0.15) is 121 Å². The molecular weight excluding hydrogens is 1060 g/mol. The third-order valence-electron chi connectivity index (χ3n) is 16.1. The lowest BCUT2D eigenvalue weighted by atomic mass is 9.70. The molecule has 4 aliphatic heterocycles. The molecule has 0 aromatic heterocycles. The summed E-state index contributed by atoms with van der Waals surface area (Å²) in [7, 11) is 14.3. The third-order valence-corrected chi connectivity index (χ3v) is 16.1. The number of rotatable bonds is 21. The molecule has 4 heterocycles. The molecule has 0 bridgehead atoms. The topological polar surface area (TPSA) is 248 Å². The van der Waals surface area contributed by atoms with Crippen LogP contribution in [-0.4, -0.2) is 105 Å². The zero-order valence-corrected chi connectivity index (χ0v) is 49.3. The van der Waals surface area contributed by atoms with Crippen LogP contribution in [0.3, 0.4) is 0 Å². The van der Waals surface area contributed by atoms with Crippen molar-refractivity contribution in [3.8, 4) is 46.0 Å². The minimum Gasteiger partial charge on any atom is -0.496 e. The van der Waals surface area contributed by atoms with Gasteiger partial charge in [-0.2, -0.15) is 0 Å². The lowest BCUT2D eigenvalue weighted by molar-refractivity contribution is 0.176. The van der Waals surface area contributed by atoms with Gasteiger partial charge in [-0.25, -0.2) is 0 Å². The summed E-state index contributed by atoms with van der Waals surface area (Å²) in [6.45, 7) is 8.18. The Bertz CT molecular complexity index is 2060. The summed E-state index contributed by atoms with van der Waals surface area (Å²) < 4.78 is 48.9. The van der Waals surface area contributed by atoms with E-state index in [1.54, 1.807) is 56.9 Å². The van der Waals surface area contributed by atoms with Gasteiger partial charge < -0.3 is 81.1 Å². The van der Waals surface area contributed by atoms with E-state index in [1.807, 2.05) is 0 Å². The lowest BCUT2D eigenvalue weighted by Crippen LogP contribution is -2.44. The number of hydrogen-bond donors (Lipinski definition) is 4. The first-order valence-corrected chi connectivity index (χ1v) is 25.2. The molecule has 0 saturated carbocycles. The Morgan fingerprint density at radius 2 is 0.553 bits per heavy atom. The number of nitrogens with one attached hydrogen (secondary N) is 4. The molecule has 6 atom stereocenters. The molecule has 6 unspecified atom stereocenters. The predicted octanol–water partition coefficient (Wildman–Crippen LogP) is 7.84. The average Bonchev–Trinajstić information content (AvgIpc) is 3.39. The van der Waals surface area contributed by atoms with E-state index in [0.717, 1.165) is 136 Å². The van der Waals surface area contributed by atoms with Crippen LogP contribution in [0.25, 0.3) is 0 Å². The Morgan fingerprint density at radius 1 is 0.355 bits per heavy atom. The second kappa shape index (κ2) is 33.5. The Balaban J connectivity index is 0.00000703. The van der Waals surface area contributed by atoms with Crippen LogP contribution in [0, 0.1) is 23.7 Å². The van der Waals surface area contributed by atoms with Gasteiger partial charge in [0, 0.05) is 68.7 Å². The van der Waals surface area contributed by atoms with Gasteiger partial charge >= 0.3 is 0 Å². The van der Waals surface area contributed by atoms with Gasteiger partial charge in [0.05, 0.1) is 56.9 Å². The van der Waals surface area contributed by atoms with Crippen molar-refractivity contribution in [3.63, 3.8) is 0 Å². The highest BCUT2D eigenvalue weighted by Gasteiger charge is 2.44. The van der Waals surface area contributed by atoms with Crippen molar-refractivity contribution < 1.29 is 59.8 Å². The maximum atomic E-state index is 6.19. The largest absolute Gasteiger partial charge is 0.496 e. The van der Waals surface area contributed by atoms with Crippen molar-refractivity contribution in [2.24, 2.45) is 23.7 Å². The maximum Gasteiger partial charge on any atom is 0.124 e. The van der Waals surface area contributed by atoms with Gasteiger partial charge in [-0.15, -0.1) is 49.6 Å². The summed E-state index contributed by atoms with van der Waals surface area (Å²) in [4.78, 5) is 0. The number of ether oxygens (including phenoxy) is 8. The molecule has 4 aromatic carbocycles. The molecule has 0 radical (unpaired) electrons. The molecule has 0 saturated heterocycles. The molecule has 16 nitrogen and oxygen atoms in total. The van der Waals surface area contributed by atoms with Crippen LogP contribution in [0.4, 0.5) is 0 Å². The first kappa shape index (κ1) is 72.1. The molecule has 0 fully saturated rings. The van der Waals surface area contributed by atoms with E-state index >= 15 is 0 Å². The molecule has 76 heavy (non-hydrogen) atoms. The highest BCUT2D eigenvalue weighted by molar-refractivity contribution is 5.86. The predicted molar refractivity (Wildman–Crippen MR) is 312 cm³/mol. The molecule has 12 N–H and O–H groups in total. The summed E-state index contributed by atoms with van der Waals surface area (Å²) >= 11 is 0. The van der Waals surface area contributed by atoms with Gasteiger partial charge in [0.15, 0.2) is 0 Å². The molecule has 8 rings (SSSR count). The van der Waals surface area contributed by atoms with E-state index in [9.17, 15) is 0 Å². The van der Waals surface area contributed by atoms with Crippen LogP contribution in [0.2, 0.25) is 0 Å². The number of methoxy groups -OCH3 is 8. The van der Waals surface area contributed by atoms with E-state index < -0.39 is 0 Å². The molecular formula is C56H90Cl4N4O12. The molecule has 434 valence electrons. The first-order chi connectivity index (χ1) is 33.3. The zero-order chi connectivity index (χ0) is 47.9. The second-order valence-electron chi connectivity index (χ2n) is 19.1. The summed E-state index contributed by atoms with van der Waals surface area (Å²) in [5, 5.41) is 16.2. The van der Waals surface area contributed by atoms with Crippen LogP contribution >= 0.6 is 49.6 Å². The highest BCUT2D eigenvalue weighted by Crippen LogP contribution is 2.53. The van der Waals surface area contributed by atoms with Crippen molar-refractivity contribution in [3.05, 3.63) is 93.0 Å². The average molecular weight is 1150 g/mol. The minimum atomic E-state index is 0. The number of fused-ring (bicyclic) bond motifs is 4.